The van der Waals surface area contributed by atoms with Gasteiger partial charge in [0.2, 0.25) is 0 Å². The van der Waals surface area contributed by atoms with Gasteiger partial charge < -0.3 is 11.6 Å². The van der Waals surface area contributed by atoms with E-state index in [1.54, 1.807) is 0 Å². The van der Waals surface area contributed by atoms with E-state index in [-0.39, 0.29) is 5.92 Å². The molecule has 96 valence electrons. The third kappa shape index (κ3) is 2.27. The standard InChI is InChI=1S/C12H14Br2N4/c1-6(2)12-17-10(11(15)18(12)16)7-3-4-8(13)9(14)5-7/h3-6H,15-16H2,1-2H3. The lowest BCUT2D eigenvalue weighted by atomic mass is 10.1. The number of aromatic nitrogens is 2. The van der Waals surface area contributed by atoms with Crippen LogP contribution in [0, 0.1) is 0 Å². The summed E-state index contributed by atoms with van der Waals surface area (Å²) in [6.07, 6.45) is 0. The molecule has 0 aliphatic rings. The molecule has 0 spiro atoms. The van der Waals surface area contributed by atoms with Crippen molar-refractivity contribution in [2.24, 2.45) is 0 Å². The number of hydrogen-bond acceptors (Lipinski definition) is 3. The molecule has 0 fully saturated rings. The molecule has 0 unspecified atom stereocenters. The van der Waals surface area contributed by atoms with Gasteiger partial charge in [-0.25, -0.2) is 9.66 Å². The Morgan fingerprint density at radius 1 is 1.22 bits per heavy atom. The SMILES string of the molecule is CC(C)c1nc(-c2ccc(Br)c(Br)c2)c(N)n1N. The topological polar surface area (TPSA) is 69.9 Å². The number of imidazole rings is 1. The summed E-state index contributed by atoms with van der Waals surface area (Å²) in [4.78, 5) is 4.53. The average molecular weight is 374 g/mol. The van der Waals surface area contributed by atoms with Crippen LogP contribution >= 0.6 is 31.9 Å². The summed E-state index contributed by atoms with van der Waals surface area (Å²) >= 11 is 6.90. The van der Waals surface area contributed by atoms with Crippen molar-refractivity contribution in [3.63, 3.8) is 0 Å². The highest BCUT2D eigenvalue weighted by Gasteiger charge is 2.17. The van der Waals surface area contributed by atoms with E-state index in [9.17, 15) is 0 Å². The van der Waals surface area contributed by atoms with E-state index >= 15 is 0 Å². The summed E-state index contributed by atoms with van der Waals surface area (Å²) in [7, 11) is 0. The third-order valence-corrected chi connectivity index (χ3v) is 4.56. The molecule has 4 N–H and O–H groups in total. The zero-order valence-corrected chi connectivity index (χ0v) is 13.3. The van der Waals surface area contributed by atoms with E-state index in [2.05, 4.69) is 36.8 Å². The number of halogens is 2. The van der Waals surface area contributed by atoms with Crippen molar-refractivity contribution in [1.29, 1.82) is 0 Å². The normalized spacial score (nSPS) is 11.2. The Balaban J connectivity index is 2.57. The number of nitrogens with zero attached hydrogens (tertiary/aromatic N) is 2. The molecule has 0 aliphatic heterocycles. The zero-order chi connectivity index (χ0) is 13.4. The van der Waals surface area contributed by atoms with Crippen LogP contribution in [0.25, 0.3) is 11.3 Å². The van der Waals surface area contributed by atoms with E-state index in [0.29, 0.717) is 5.82 Å². The predicted molar refractivity (Wildman–Crippen MR) is 81.7 cm³/mol. The van der Waals surface area contributed by atoms with Gasteiger partial charge in [-0.15, -0.1) is 0 Å². The van der Waals surface area contributed by atoms with Crippen LogP contribution in [0.1, 0.15) is 25.6 Å². The lowest BCUT2D eigenvalue weighted by Crippen LogP contribution is -2.16. The molecule has 1 aromatic carbocycles. The molecule has 0 amide bonds. The van der Waals surface area contributed by atoms with Crippen LogP contribution in [0.2, 0.25) is 0 Å². The summed E-state index contributed by atoms with van der Waals surface area (Å²) in [5.41, 5.74) is 7.67. The highest BCUT2D eigenvalue weighted by atomic mass is 79.9. The highest BCUT2D eigenvalue weighted by molar-refractivity contribution is 9.13. The van der Waals surface area contributed by atoms with Crippen molar-refractivity contribution < 1.29 is 0 Å². The first-order chi connectivity index (χ1) is 8.41. The van der Waals surface area contributed by atoms with Crippen molar-refractivity contribution in [3.8, 4) is 11.3 Å². The first kappa shape index (κ1) is 13.4. The Kier molecular flexibility index (Phi) is 3.68. The first-order valence-corrected chi connectivity index (χ1v) is 7.09. The van der Waals surface area contributed by atoms with Gasteiger partial charge in [0.25, 0.3) is 0 Å². The van der Waals surface area contributed by atoms with Crippen molar-refractivity contribution >= 4 is 37.7 Å². The maximum absolute atomic E-state index is 6.01. The Labute approximate surface area is 123 Å². The summed E-state index contributed by atoms with van der Waals surface area (Å²) in [6, 6.07) is 5.87. The van der Waals surface area contributed by atoms with Gasteiger partial charge in [-0.2, -0.15) is 0 Å². The average Bonchev–Trinajstić information content (AvgIpc) is 2.60. The third-order valence-electron chi connectivity index (χ3n) is 2.68. The molecule has 4 nitrogen and oxygen atoms in total. The Hall–Kier alpha value is -1.01. The fraction of sp³-hybridized carbons (Fsp3) is 0.250. The molecule has 0 saturated carbocycles. The second-order valence-electron chi connectivity index (χ2n) is 4.36. The van der Waals surface area contributed by atoms with Crippen LogP contribution < -0.4 is 11.6 Å². The van der Waals surface area contributed by atoms with Crippen LogP contribution in [-0.2, 0) is 0 Å². The summed E-state index contributed by atoms with van der Waals surface area (Å²) in [5, 5.41) is 0. The van der Waals surface area contributed by atoms with E-state index in [1.165, 1.54) is 4.68 Å². The van der Waals surface area contributed by atoms with Crippen LogP contribution in [0.15, 0.2) is 27.1 Å². The maximum atomic E-state index is 6.01. The van der Waals surface area contributed by atoms with Gasteiger partial charge in [-0.3, -0.25) is 0 Å². The first-order valence-electron chi connectivity index (χ1n) is 5.50. The molecule has 2 rings (SSSR count). The number of nitrogen functional groups attached to an aromatic ring is 2. The van der Waals surface area contributed by atoms with E-state index in [0.717, 1.165) is 26.0 Å². The number of benzene rings is 1. The van der Waals surface area contributed by atoms with E-state index in [1.807, 2.05) is 32.0 Å². The molecule has 0 aliphatic carbocycles. The summed E-state index contributed by atoms with van der Waals surface area (Å²) < 4.78 is 3.40. The molecule has 18 heavy (non-hydrogen) atoms. The molecular weight excluding hydrogens is 360 g/mol. The second kappa shape index (κ2) is 4.93. The molecule has 0 bridgehead atoms. The van der Waals surface area contributed by atoms with Gasteiger partial charge in [0.05, 0.1) is 0 Å². The smallest absolute Gasteiger partial charge is 0.150 e. The number of nitrogens with two attached hydrogens (primary N) is 2. The van der Waals surface area contributed by atoms with Gasteiger partial charge in [0.1, 0.15) is 11.5 Å². The van der Waals surface area contributed by atoms with E-state index < -0.39 is 0 Å². The molecule has 0 atom stereocenters. The minimum atomic E-state index is 0.227. The Bertz CT molecular complexity index is 590. The molecule has 0 radical (unpaired) electrons. The molecule has 6 heteroatoms. The fourth-order valence-corrected chi connectivity index (χ4v) is 2.35. The Morgan fingerprint density at radius 3 is 2.39 bits per heavy atom. The minimum Gasteiger partial charge on any atom is -0.382 e. The lowest BCUT2D eigenvalue weighted by Gasteiger charge is -2.04. The van der Waals surface area contributed by atoms with E-state index in [4.69, 9.17) is 11.6 Å². The van der Waals surface area contributed by atoms with Crippen LogP contribution in [-0.4, -0.2) is 9.66 Å². The van der Waals surface area contributed by atoms with Gasteiger partial charge in [-0.05, 0) is 44.0 Å². The fourth-order valence-electron chi connectivity index (χ4n) is 1.73. The molecule has 0 saturated heterocycles. The van der Waals surface area contributed by atoms with Crippen molar-refractivity contribution in [2.45, 2.75) is 19.8 Å². The van der Waals surface area contributed by atoms with Crippen LogP contribution in [0.5, 0.6) is 0 Å². The molecule has 1 heterocycles. The quantitative estimate of drug-likeness (QED) is 0.791. The number of anilines is 1. The number of hydrogen-bond donors (Lipinski definition) is 2. The molecular formula is C12H14Br2N4. The highest BCUT2D eigenvalue weighted by Crippen LogP contribution is 2.32. The molecule has 1 aromatic heterocycles. The molecule has 2 aromatic rings. The lowest BCUT2D eigenvalue weighted by molar-refractivity contribution is 0.739. The van der Waals surface area contributed by atoms with Gasteiger partial charge >= 0.3 is 0 Å². The zero-order valence-electron chi connectivity index (χ0n) is 10.1. The van der Waals surface area contributed by atoms with Crippen molar-refractivity contribution in [2.75, 3.05) is 11.6 Å². The predicted octanol–water partition coefficient (Wildman–Crippen LogP) is 3.49. The van der Waals surface area contributed by atoms with Crippen LogP contribution in [0.4, 0.5) is 5.82 Å². The van der Waals surface area contributed by atoms with Crippen molar-refractivity contribution in [3.05, 3.63) is 33.0 Å². The largest absolute Gasteiger partial charge is 0.382 e. The minimum absolute atomic E-state index is 0.227. The van der Waals surface area contributed by atoms with Gasteiger partial charge in [0.15, 0.2) is 5.82 Å². The van der Waals surface area contributed by atoms with Crippen LogP contribution in [0.3, 0.4) is 0 Å². The summed E-state index contributed by atoms with van der Waals surface area (Å²) in [6.45, 7) is 4.07. The van der Waals surface area contributed by atoms with Gasteiger partial charge in [0, 0.05) is 20.4 Å². The second-order valence-corrected chi connectivity index (χ2v) is 6.07. The number of rotatable bonds is 2. The van der Waals surface area contributed by atoms with Gasteiger partial charge in [-0.1, -0.05) is 19.9 Å². The maximum Gasteiger partial charge on any atom is 0.150 e. The monoisotopic (exact) mass is 372 g/mol. The summed E-state index contributed by atoms with van der Waals surface area (Å²) in [5.74, 6) is 7.40. The van der Waals surface area contributed by atoms with Crippen molar-refractivity contribution in [1.82, 2.24) is 9.66 Å². The Morgan fingerprint density at radius 2 is 1.89 bits per heavy atom.